The minimum absolute atomic E-state index is 0.0245. The quantitative estimate of drug-likeness (QED) is 0.821. The van der Waals surface area contributed by atoms with Gasteiger partial charge < -0.3 is 4.90 Å². The summed E-state index contributed by atoms with van der Waals surface area (Å²) in [7, 11) is -3.26. The Morgan fingerprint density at radius 2 is 1.62 bits per heavy atom. The van der Waals surface area contributed by atoms with Crippen molar-refractivity contribution in [1.82, 2.24) is 4.90 Å². The van der Waals surface area contributed by atoms with E-state index in [1.807, 2.05) is 37.3 Å². The van der Waals surface area contributed by atoms with Gasteiger partial charge in [0, 0.05) is 6.04 Å². The Hall–Kier alpha value is -1.39. The van der Waals surface area contributed by atoms with Gasteiger partial charge >= 0.3 is 0 Å². The number of hydrogen-bond acceptors (Lipinski definition) is 3. The van der Waals surface area contributed by atoms with Crippen molar-refractivity contribution in [1.29, 1.82) is 0 Å². The molecular formula is C17H23NO2S. The molecule has 0 bridgehead atoms. The van der Waals surface area contributed by atoms with Gasteiger partial charge in [-0.25, -0.2) is 8.42 Å². The highest BCUT2D eigenvalue weighted by atomic mass is 32.2. The zero-order valence-corrected chi connectivity index (χ0v) is 13.7. The van der Waals surface area contributed by atoms with E-state index in [-0.39, 0.29) is 11.8 Å². The number of sulfone groups is 1. The van der Waals surface area contributed by atoms with E-state index in [9.17, 15) is 8.42 Å². The first-order valence-electron chi connectivity index (χ1n) is 7.43. The van der Waals surface area contributed by atoms with Crippen molar-refractivity contribution in [3.8, 4) is 0 Å². The minimum Gasteiger partial charge on any atom is -0.300 e. The van der Waals surface area contributed by atoms with Gasteiger partial charge in [0.25, 0.3) is 0 Å². The van der Waals surface area contributed by atoms with Crippen LogP contribution in [0.2, 0.25) is 0 Å². The Bertz CT molecular complexity index is 706. The number of fused-ring (bicyclic) bond motifs is 1. The van der Waals surface area contributed by atoms with Crippen LogP contribution in [0.4, 0.5) is 0 Å². The fourth-order valence-corrected chi connectivity index (χ4v) is 4.35. The van der Waals surface area contributed by atoms with Gasteiger partial charge in [0.2, 0.25) is 0 Å². The lowest BCUT2D eigenvalue weighted by atomic mass is 10.1. The van der Waals surface area contributed by atoms with Gasteiger partial charge in [0.1, 0.15) is 0 Å². The zero-order chi connectivity index (χ0) is 15.5. The topological polar surface area (TPSA) is 37.4 Å². The van der Waals surface area contributed by atoms with Crippen LogP contribution in [0.5, 0.6) is 0 Å². The zero-order valence-electron chi connectivity index (χ0n) is 12.9. The van der Waals surface area contributed by atoms with E-state index in [0.29, 0.717) is 4.90 Å². The second-order valence-electron chi connectivity index (χ2n) is 5.36. The summed E-state index contributed by atoms with van der Waals surface area (Å²) in [5, 5.41) is 2.03. The number of nitrogens with zero attached hydrogens (tertiary/aromatic N) is 1. The first-order chi connectivity index (χ1) is 9.97. The maximum absolute atomic E-state index is 12.6. The van der Waals surface area contributed by atoms with Gasteiger partial charge in [-0.1, -0.05) is 44.2 Å². The summed E-state index contributed by atoms with van der Waals surface area (Å²) >= 11 is 0. The molecule has 4 heteroatoms. The molecule has 2 aromatic rings. The van der Waals surface area contributed by atoms with Gasteiger partial charge in [-0.3, -0.25) is 0 Å². The van der Waals surface area contributed by atoms with Gasteiger partial charge in [-0.05, 0) is 42.9 Å². The van der Waals surface area contributed by atoms with Crippen LogP contribution in [-0.4, -0.2) is 38.2 Å². The molecular weight excluding hydrogens is 282 g/mol. The Morgan fingerprint density at radius 3 is 2.24 bits per heavy atom. The van der Waals surface area contributed by atoms with E-state index in [4.69, 9.17) is 0 Å². The summed E-state index contributed by atoms with van der Waals surface area (Å²) in [6, 6.07) is 13.2. The predicted octanol–water partition coefficient (Wildman–Crippen LogP) is 3.34. The molecule has 0 amide bonds. The second-order valence-corrected chi connectivity index (χ2v) is 7.39. The van der Waals surface area contributed by atoms with Gasteiger partial charge in [0.05, 0.1) is 10.6 Å². The molecule has 0 aliphatic heterocycles. The van der Waals surface area contributed by atoms with Crippen LogP contribution in [0, 0.1) is 0 Å². The summed E-state index contributed by atoms with van der Waals surface area (Å²) in [5.74, 6) is 0.160. The molecule has 114 valence electrons. The van der Waals surface area contributed by atoms with E-state index >= 15 is 0 Å². The van der Waals surface area contributed by atoms with Crippen molar-refractivity contribution in [2.24, 2.45) is 0 Å². The Balaban J connectivity index is 2.29. The maximum atomic E-state index is 12.6. The summed E-state index contributed by atoms with van der Waals surface area (Å²) in [6.07, 6.45) is 0. The van der Waals surface area contributed by atoms with Gasteiger partial charge in [0.15, 0.2) is 9.84 Å². The fraction of sp³-hybridized carbons (Fsp3) is 0.412. The van der Waals surface area contributed by atoms with Crippen LogP contribution < -0.4 is 0 Å². The molecule has 3 nitrogen and oxygen atoms in total. The summed E-state index contributed by atoms with van der Waals surface area (Å²) < 4.78 is 25.2. The normalized spacial score (nSPS) is 13.7. The van der Waals surface area contributed by atoms with E-state index in [2.05, 4.69) is 18.7 Å². The molecule has 0 aliphatic carbocycles. The third-order valence-corrected chi connectivity index (χ3v) is 5.87. The lowest BCUT2D eigenvalue weighted by Crippen LogP contribution is -2.37. The molecule has 21 heavy (non-hydrogen) atoms. The van der Waals surface area contributed by atoms with Crippen molar-refractivity contribution in [3.63, 3.8) is 0 Å². The van der Waals surface area contributed by atoms with Crippen molar-refractivity contribution >= 4 is 20.6 Å². The molecule has 1 unspecified atom stereocenters. The van der Waals surface area contributed by atoms with Crippen LogP contribution in [-0.2, 0) is 9.84 Å². The molecule has 0 spiro atoms. The molecule has 0 saturated carbocycles. The highest BCUT2D eigenvalue weighted by Crippen LogP contribution is 2.21. The number of benzene rings is 2. The van der Waals surface area contributed by atoms with Crippen LogP contribution >= 0.6 is 0 Å². The maximum Gasteiger partial charge on any atom is 0.179 e. The highest BCUT2D eigenvalue weighted by molar-refractivity contribution is 7.91. The lowest BCUT2D eigenvalue weighted by Gasteiger charge is -2.26. The third kappa shape index (κ3) is 3.63. The second kappa shape index (κ2) is 6.58. The van der Waals surface area contributed by atoms with Crippen molar-refractivity contribution < 1.29 is 8.42 Å². The van der Waals surface area contributed by atoms with Gasteiger partial charge in [-0.15, -0.1) is 0 Å². The Morgan fingerprint density at radius 1 is 1.00 bits per heavy atom. The highest BCUT2D eigenvalue weighted by Gasteiger charge is 2.21. The SMILES string of the molecule is CCN(CC)C(C)CS(=O)(=O)c1ccc2ccccc2c1. The van der Waals surface area contributed by atoms with Crippen molar-refractivity contribution in [2.75, 3.05) is 18.8 Å². The van der Waals surface area contributed by atoms with E-state index < -0.39 is 9.84 Å². The Kier molecular flexibility index (Phi) is 5.01. The van der Waals surface area contributed by atoms with Crippen LogP contribution in [0.1, 0.15) is 20.8 Å². The molecule has 0 heterocycles. The first kappa shape index (κ1) is 16.0. The molecule has 1 atom stereocenters. The first-order valence-corrected chi connectivity index (χ1v) is 9.08. The number of hydrogen-bond donors (Lipinski definition) is 0. The third-order valence-electron chi connectivity index (χ3n) is 3.98. The van der Waals surface area contributed by atoms with Crippen LogP contribution in [0.15, 0.2) is 47.4 Å². The van der Waals surface area contributed by atoms with Crippen LogP contribution in [0.25, 0.3) is 10.8 Å². The minimum atomic E-state index is -3.26. The van der Waals surface area contributed by atoms with E-state index in [1.54, 1.807) is 12.1 Å². The van der Waals surface area contributed by atoms with Crippen molar-refractivity contribution in [3.05, 3.63) is 42.5 Å². The molecule has 0 saturated heterocycles. The van der Waals surface area contributed by atoms with Gasteiger partial charge in [-0.2, -0.15) is 0 Å². The molecule has 0 aliphatic rings. The molecule has 0 radical (unpaired) electrons. The van der Waals surface area contributed by atoms with E-state index in [1.165, 1.54) is 0 Å². The molecule has 2 aromatic carbocycles. The smallest absolute Gasteiger partial charge is 0.179 e. The Labute approximate surface area is 127 Å². The summed E-state index contributed by atoms with van der Waals surface area (Å²) in [6.45, 7) is 7.83. The molecule has 0 aromatic heterocycles. The average Bonchev–Trinajstić information content (AvgIpc) is 2.47. The van der Waals surface area contributed by atoms with E-state index in [0.717, 1.165) is 23.9 Å². The predicted molar refractivity (Wildman–Crippen MR) is 88.4 cm³/mol. The molecule has 0 N–H and O–H groups in total. The standard InChI is InChI=1S/C17H23NO2S/c1-4-18(5-2)14(3)13-21(19,20)17-11-10-15-8-6-7-9-16(15)12-17/h6-12,14H,4-5,13H2,1-3H3. The lowest BCUT2D eigenvalue weighted by molar-refractivity contribution is 0.248. The molecule has 2 rings (SSSR count). The molecule has 0 fully saturated rings. The average molecular weight is 305 g/mol. The monoisotopic (exact) mass is 305 g/mol. The van der Waals surface area contributed by atoms with Crippen molar-refractivity contribution in [2.45, 2.75) is 31.7 Å². The number of rotatable bonds is 6. The summed E-state index contributed by atoms with van der Waals surface area (Å²) in [5.41, 5.74) is 0. The van der Waals surface area contributed by atoms with Crippen LogP contribution in [0.3, 0.4) is 0 Å². The summed E-state index contributed by atoms with van der Waals surface area (Å²) in [4.78, 5) is 2.58. The fourth-order valence-electron chi connectivity index (χ4n) is 2.73. The largest absolute Gasteiger partial charge is 0.300 e.